The largest absolute Gasteiger partial charge is 0.0620 e. The fourth-order valence-electron chi connectivity index (χ4n) is 9.92. The molecule has 0 aliphatic carbocycles. The lowest BCUT2D eigenvalue weighted by molar-refractivity contribution is 0.869. The van der Waals surface area contributed by atoms with Crippen LogP contribution in [-0.4, -0.2) is 0 Å². The van der Waals surface area contributed by atoms with Crippen molar-refractivity contribution >= 4 is 32.3 Å². The molecule has 0 aliphatic rings. The van der Waals surface area contributed by atoms with Gasteiger partial charge in [-0.3, -0.25) is 0 Å². The monoisotopic (exact) mass is 768 g/mol. The Kier molecular flexibility index (Phi) is 9.50. The summed E-state index contributed by atoms with van der Waals surface area (Å²) in [6, 6.07) is 72.1. The van der Waals surface area contributed by atoms with Gasteiger partial charge >= 0.3 is 0 Å². The zero-order valence-corrected chi connectivity index (χ0v) is 35.1. The summed E-state index contributed by atoms with van der Waals surface area (Å²) in [6.07, 6.45) is 0. The van der Waals surface area contributed by atoms with Crippen LogP contribution in [0.5, 0.6) is 0 Å². The Hall–Kier alpha value is -7.02. The number of hydrogen-bond acceptors (Lipinski definition) is 0. The summed E-state index contributed by atoms with van der Waals surface area (Å²) < 4.78 is 0. The molecule has 0 bridgehead atoms. The van der Waals surface area contributed by atoms with E-state index in [0.29, 0.717) is 5.92 Å². The van der Waals surface area contributed by atoms with Crippen LogP contribution in [0.2, 0.25) is 0 Å². The highest BCUT2D eigenvalue weighted by Crippen LogP contribution is 2.47. The first kappa shape index (κ1) is 37.3. The van der Waals surface area contributed by atoms with Gasteiger partial charge in [0.15, 0.2) is 0 Å². The van der Waals surface area contributed by atoms with Crippen LogP contribution in [0.3, 0.4) is 0 Å². The van der Waals surface area contributed by atoms with Crippen molar-refractivity contribution in [2.75, 3.05) is 0 Å². The van der Waals surface area contributed by atoms with Gasteiger partial charge < -0.3 is 0 Å². The van der Waals surface area contributed by atoms with Gasteiger partial charge in [-0.05, 0) is 166 Å². The van der Waals surface area contributed by atoms with Crippen LogP contribution >= 0.6 is 0 Å². The van der Waals surface area contributed by atoms with E-state index in [-0.39, 0.29) is 0 Å². The van der Waals surface area contributed by atoms with Crippen molar-refractivity contribution in [1.82, 2.24) is 0 Å². The second-order valence-corrected chi connectivity index (χ2v) is 16.7. The highest BCUT2D eigenvalue weighted by Gasteiger charge is 2.22. The van der Waals surface area contributed by atoms with E-state index in [1.54, 1.807) is 0 Å². The molecule has 0 spiro atoms. The molecule has 0 atom stereocenters. The van der Waals surface area contributed by atoms with Crippen LogP contribution in [-0.2, 0) is 0 Å². The molecule has 0 amide bonds. The molecule has 0 aliphatic heterocycles. The first-order chi connectivity index (χ1) is 29.4. The van der Waals surface area contributed by atoms with Gasteiger partial charge in [-0.15, -0.1) is 0 Å². The third-order valence-corrected chi connectivity index (χ3v) is 12.8. The topological polar surface area (TPSA) is 0 Å². The molecule has 0 N–H and O–H groups in total. The molecule has 0 heteroatoms. The molecular formula is C60H48. The first-order valence-corrected chi connectivity index (χ1v) is 21.3. The SMILES string of the molecule is Cc1ccccc1-c1cc(-c2ccccc2C(C)C)c(C)c(-c2cccc(-c3c4ccccc4c(-c4cccc(-c5cccc6ccccc56)c4)c4ccccc34)c2)c1C. The second-order valence-electron chi connectivity index (χ2n) is 16.7. The highest BCUT2D eigenvalue weighted by atomic mass is 14.3. The number of fused-ring (bicyclic) bond motifs is 3. The molecular weight excluding hydrogens is 721 g/mol. The van der Waals surface area contributed by atoms with E-state index in [9.17, 15) is 0 Å². The molecule has 0 nitrogen and oxygen atoms in total. The van der Waals surface area contributed by atoms with Gasteiger partial charge in [0, 0.05) is 0 Å². The molecule has 10 aromatic rings. The fraction of sp³-hybridized carbons (Fsp3) is 0.100. The summed E-state index contributed by atoms with van der Waals surface area (Å²) in [5, 5.41) is 7.56. The van der Waals surface area contributed by atoms with Crippen molar-refractivity contribution in [2.45, 2.75) is 40.5 Å². The lowest BCUT2D eigenvalue weighted by atomic mass is 9.81. The number of rotatable bonds is 7. The van der Waals surface area contributed by atoms with Gasteiger partial charge in [0.2, 0.25) is 0 Å². The number of hydrogen-bond donors (Lipinski definition) is 0. The lowest BCUT2D eigenvalue weighted by Gasteiger charge is -2.23. The predicted octanol–water partition coefficient (Wildman–Crippen LogP) is 17.2. The molecule has 0 saturated heterocycles. The normalized spacial score (nSPS) is 11.6. The summed E-state index contributed by atoms with van der Waals surface area (Å²) in [6.45, 7) is 11.5. The minimum Gasteiger partial charge on any atom is -0.0620 e. The summed E-state index contributed by atoms with van der Waals surface area (Å²) >= 11 is 0. The van der Waals surface area contributed by atoms with Crippen LogP contribution in [0, 0.1) is 20.8 Å². The van der Waals surface area contributed by atoms with E-state index >= 15 is 0 Å². The van der Waals surface area contributed by atoms with E-state index in [1.807, 2.05) is 0 Å². The molecule has 0 saturated carbocycles. The minimum atomic E-state index is 0.404. The Balaban J connectivity index is 1.20. The van der Waals surface area contributed by atoms with Gasteiger partial charge in [-0.25, -0.2) is 0 Å². The van der Waals surface area contributed by atoms with Crippen molar-refractivity contribution < 1.29 is 0 Å². The Morgan fingerprint density at radius 3 is 1.32 bits per heavy atom. The van der Waals surface area contributed by atoms with Crippen molar-refractivity contribution in [1.29, 1.82) is 0 Å². The first-order valence-electron chi connectivity index (χ1n) is 21.3. The second kappa shape index (κ2) is 15.3. The van der Waals surface area contributed by atoms with Gasteiger partial charge in [-0.1, -0.05) is 190 Å². The molecule has 10 aromatic carbocycles. The van der Waals surface area contributed by atoms with Crippen LogP contribution in [0.25, 0.3) is 99.1 Å². The van der Waals surface area contributed by atoms with Crippen LogP contribution in [0.1, 0.15) is 42.0 Å². The average Bonchev–Trinajstić information content (AvgIpc) is 3.28. The molecule has 288 valence electrons. The van der Waals surface area contributed by atoms with Crippen LogP contribution < -0.4 is 0 Å². The van der Waals surface area contributed by atoms with Crippen molar-refractivity contribution in [3.8, 4) is 66.8 Å². The van der Waals surface area contributed by atoms with Crippen LogP contribution in [0.15, 0.2) is 194 Å². The van der Waals surface area contributed by atoms with Gasteiger partial charge in [0.05, 0.1) is 0 Å². The Labute approximate surface area is 354 Å². The Bertz CT molecular complexity index is 3200. The quantitative estimate of drug-likeness (QED) is 0.142. The molecule has 60 heavy (non-hydrogen) atoms. The standard InChI is InChI=1S/C60H48/c1-38(2)47-26-10-11-29-51(47)57-37-56(48-27-8-6-19-39(48)3)40(4)58(41(57)5)44-23-17-25-46(36-44)60-54-32-14-12-30-52(54)59(53-31-13-15-33-55(53)60)45-24-16-22-43(35-45)50-34-18-21-42-20-7-9-28-49(42)50/h6-38H,1-5H3. The summed E-state index contributed by atoms with van der Waals surface area (Å²) in [5.41, 5.74) is 20.5. The molecule has 0 fully saturated rings. The summed E-state index contributed by atoms with van der Waals surface area (Å²) in [4.78, 5) is 0. The fourth-order valence-corrected chi connectivity index (χ4v) is 9.92. The lowest BCUT2D eigenvalue weighted by Crippen LogP contribution is -2.00. The van der Waals surface area contributed by atoms with E-state index in [4.69, 9.17) is 0 Å². The number of aryl methyl sites for hydroxylation is 1. The van der Waals surface area contributed by atoms with E-state index < -0.39 is 0 Å². The van der Waals surface area contributed by atoms with Crippen LogP contribution in [0.4, 0.5) is 0 Å². The van der Waals surface area contributed by atoms with Gasteiger partial charge in [0.25, 0.3) is 0 Å². The highest BCUT2D eigenvalue weighted by molar-refractivity contribution is 6.21. The van der Waals surface area contributed by atoms with Crippen molar-refractivity contribution in [2.24, 2.45) is 0 Å². The third kappa shape index (κ3) is 6.32. The molecule has 0 heterocycles. The van der Waals surface area contributed by atoms with E-state index in [2.05, 4.69) is 229 Å². The zero-order valence-electron chi connectivity index (χ0n) is 35.1. The molecule has 0 unspecified atom stereocenters. The minimum absolute atomic E-state index is 0.404. The van der Waals surface area contributed by atoms with Gasteiger partial charge in [0.1, 0.15) is 0 Å². The van der Waals surface area contributed by atoms with Crippen molar-refractivity contribution in [3.05, 3.63) is 216 Å². The average molecular weight is 769 g/mol. The van der Waals surface area contributed by atoms with Crippen molar-refractivity contribution in [3.63, 3.8) is 0 Å². The smallest absolute Gasteiger partial charge is 0.00262 e. The number of benzene rings is 10. The molecule has 10 rings (SSSR count). The maximum atomic E-state index is 2.45. The summed E-state index contributed by atoms with van der Waals surface area (Å²) in [7, 11) is 0. The Morgan fingerprint density at radius 1 is 0.300 bits per heavy atom. The van der Waals surface area contributed by atoms with Gasteiger partial charge in [-0.2, -0.15) is 0 Å². The summed E-state index contributed by atoms with van der Waals surface area (Å²) in [5.74, 6) is 0.404. The maximum absolute atomic E-state index is 2.45. The van der Waals surface area contributed by atoms with E-state index in [1.165, 1.54) is 121 Å². The predicted molar refractivity (Wildman–Crippen MR) is 260 cm³/mol. The Morgan fingerprint density at radius 2 is 0.717 bits per heavy atom. The molecule has 0 radical (unpaired) electrons. The molecule has 0 aromatic heterocycles. The third-order valence-electron chi connectivity index (χ3n) is 12.8. The van der Waals surface area contributed by atoms with E-state index in [0.717, 1.165) is 0 Å². The maximum Gasteiger partial charge on any atom is -0.00262 e. The zero-order chi connectivity index (χ0) is 40.9.